The van der Waals surface area contributed by atoms with E-state index in [-0.39, 0.29) is 16.9 Å². The third-order valence-electron chi connectivity index (χ3n) is 2.93. The summed E-state index contributed by atoms with van der Waals surface area (Å²) in [6.07, 6.45) is 4.52. The fraction of sp³-hybridized carbons (Fsp3) is 0.444. The van der Waals surface area contributed by atoms with Crippen molar-refractivity contribution in [2.45, 2.75) is 30.3 Å². The molecule has 0 unspecified atom stereocenters. The molecule has 3 rings (SSSR count). The number of hydrogen-bond donors (Lipinski definition) is 2. The van der Waals surface area contributed by atoms with Gasteiger partial charge in [0.1, 0.15) is 0 Å². The van der Waals surface area contributed by atoms with E-state index in [1.165, 1.54) is 15.7 Å². The molecule has 1 fully saturated rings. The second kappa shape index (κ2) is 3.69. The monoisotopic (exact) mass is 272 g/mol. The lowest BCUT2D eigenvalue weighted by Crippen LogP contribution is -2.40. The van der Waals surface area contributed by atoms with Gasteiger partial charge in [0.25, 0.3) is 10.0 Å². The Labute approximate surface area is 103 Å². The Morgan fingerprint density at radius 3 is 2.94 bits per heavy atom. The van der Waals surface area contributed by atoms with Crippen LogP contribution in [0.5, 0.6) is 0 Å². The van der Waals surface area contributed by atoms with E-state index in [0.717, 1.165) is 19.3 Å². The predicted octanol–water partition coefficient (Wildman–Crippen LogP) is 0.809. The first kappa shape index (κ1) is 11.0. The zero-order chi connectivity index (χ0) is 12.0. The average molecular weight is 272 g/mol. The van der Waals surface area contributed by atoms with Crippen LogP contribution >= 0.6 is 11.3 Å². The molecule has 92 valence electrons. The Morgan fingerprint density at radius 2 is 2.29 bits per heavy atom. The van der Waals surface area contributed by atoms with Crippen LogP contribution in [-0.2, 0) is 10.0 Å². The van der Waals surface area contributed by atoms with Crippen LogP contribution < -0.4 is 10.5 Å². The normalized spacial score (nSPS) is 17.4. The quantitative estimate of drug-likeness (QED) is 0.865. The smallest absolute Gasteiger partial charge is 0.260 e. The summed E-state index contributed by atoms with van der Waals surface area (Å²) in [6, 6.07) is 0.0450. The van der Waals surface area contributed by atoms with Crippen molar-refractivity contribution in [3.8, 4) is 0 Å². The van der Waals surface area contributed by atoms with Crippen LogP contribution in [0, 0.1) is 0 Å². The Bertz CT molecular complexity index is 654. The predicted molar refractivity (Wildman–Crippen MR) is 65.4 cm³/mol. The van der Waals surface area contributed by atoms with Crippen molar-refractivity contribution in [3.63, 3.8) is 0 Å². The van der Waals surface area contributed by atoms with Crippen LogP contribution in [0.25, 0.3) is 4.96 Å². The van der Waals surface area contributed by atoms with Gasteiger partial charge in [0.15, 0.2) is 15.8 Å². The first-order chi connectivity index (χ1) is 8.08. The van der Waals surface area contributed by atoms with Crippen molar-refractivity contribution in [3.05, 3.63) is 11.6 Å². The number of aromatic nitrogens is 2. The van der Waals surface area contributed by atoms with Gasteiger partial charge in [-0.05, 0) is 12.8 Å². The summed E-state index contributed by atoms with van der Waals surface area (Å²) >= 11 is 1.36. The molecule has 3 N–H and O–H groups in total. The van der Waals surface area contributed by atoms with Gasteiger partial charge in [-0.1, -0.05) is 6.42 Å². The summed E-state index contributed by atoms with van der Waals surface area (Å²) in [7, 11) is -3.57. The number of nitrogens with zero attached hydrogens (tertiary/aromatic N) is 2. The summed E-state index contributed by atoms with van der Waals surface area (Å²) < 4.78 is 28.5. The number of hydrogen-bond acceptors (Lipinski definition) is 5. The molecule has 2 heterocycles. The molecule has 17 heavy (non-hydrogen) atoms. The van der Waals surface area contributed by atoms with Crippen molar-refractivity contribution < 1.29 is 8.42 Å². The largest absolute Gasteiger partial charge is 0.381 e. The van der Waals surface area contributed by atoms with Gasteiger partial charge in [-0.2, -0.15) is 0 Å². The molecule has 0 amide bonds. The fourth-order valence-electron chi connectivity index (χ4n) is 1.85. The second-order valence-corrected chi connectivity index (χ2v) is 6.61. The van der Waals surface area contributed by atoms with Gasteiger partial charge in [-0.25, -0.2) is 18.1 Å². The number of imidazole rings is 1. The van der Waals surface area contributed by atoms with Gasteiger partial charge in [0, 0.05) is 17.6 Å². The standard InChI is InChI=1S/C9H12N4O2S2/c10-7-8(13-4-5-16-9(13)11-7)17(14,15)12-6-2-1-3-6/h4-6,12H,1-3,10H2. The van der Waals surface area contributed by atoms with Crippen molar-refractivity contribution in [2.24, 2.45) is 0 Å². The Balaban J connectivity index is 2.06. The number of thiazole rings is 1. The number of nitrogens with two attached hydrogens (primary N) is 1. The molecule has 0 radical (unpaired) electrons. The molecule has 0 spiro atoms. The van der Waals surface area contributed by atoms with E-state index in [0.29, 0.717) is 4.96 Å². The van der Waals surface area contributed by atoms with E-state index in [1.54, 1.807) is 11.6 Å². The molecule has 2 aromatic heterocycles. The minimum absolute atomic E-state index is 0.0450. The highest BCUT2D eigenvalue weighted by Gasteiger charge is 2.29. The maximum Gasteiger partial charge on any atom is 0.260 e. The minimum Gasteiger partial charge on any atom is -0.381 e. The number of rotatable bonds is 3. The Kier molecular flexibility index (Phi) is 2.39. The number of sulfonamides is 1. The Morgan fingerprint density at radius 1 is 1.53 bits per heavy atom. The third kappa shape index (κ3) is 1.72. The maximum absolute atomic E-state index is 12.2. The van der Waals surface area contributed by atoms with Crippen LogP contribution in [0.2, 0.25) is 0 Å². The van der Waals surface area contributed by atoms with E-state index in [1.807, 2.05) is 0 Å². The zero-order valence-corrected chi connectivity index (χ0v) is 10.6. The van der Waals surface area contributed by atoms with Crippen molar-refractivity contribution in [2.75, 3.05) is 5.73 Å². The summed E-state index contributed by atoms with van der Waals surface area (Å²) in [5.74, 6) is 0.0590. The molecule has 1 aliphatic carbocycles. The van der Waals surface area contributed by atoms with Gasteiger partial charge < -0.3 is 5.73 Å². The van der Waals surface area contributed by atoms with Gasteiger partial charge >= 0.3 is 0 Å². The molecule has 0 aliphatic heterocycles. The van der Waals surface area contributed by atoms with Gasteiger partial charge in [0.05, 0.1) is 0 Å². The van der Waals surface area contributed by atoms with Crippen LogP contribution in [0.3, 0.4) is 0 Å². The number of fused-ring (bicyclic) bond motifs is 1. The molecule has 1 saturated carbocycles. The van der Waals surface area contributed by atoms with Crippen molar-refractivity contribution in [1.29, 1.82) is 0 Å². The van der Waals surface area contributed by atoms with E-state index in [4.69, 9.17) is 5.73 Å². The van der Waals surface area contributed by atoms with Crippen LogP contribution in [0.4, 0.5) is 5.82 Å². The average Bonchev–Trinajstić information content (AvgIpc) is 2.70. The molecule has 0 bridgehead atoms. The summed E-state index contributed by atoms with van der Waals surface area (Å²) in [5.41, 5.74) is 5.67. The number of nitrogens with one attached hydrogen (secondary N) is 1. The summed E-state index contributed by atoms with van der Waals surface area (Å²) in [5, 5.41) is 1.84. The van der Waals surface area contributed by atoms with E-state index in [9.17, 15) is 8.42 Å². The topological polar surface area (TPSA) is 89.5 Å². The number of nitrogen functional groups attached to an aromatic ring is 1. The van der Waals surface area contributed by atoms with Gasteiger partial charge in [-0.3, -0.25) is 4.40 Å². The molecule has 6 nitrogen and oxygen atoms in total. The summed E-state index contributed by atoms with van der Waals surface area (Å²) in [4.78, 5) is 4.62. The molecule has 0 aromatic carbocycles. The van der Waals surface area contributed by atoms with Crippen LogP contribution in [-0.4, -0.2) is 23.8 Å². The van der Waals surface area contributed by atoms with Crippen molar-refractivity contribution >= 4 is 32.1 Å². The fourth-order valence-corrected chi connectivity index (χ4v) is 4.14. The van der Waals surface area contributed by atoms with Crippen LogP contribution in [0.15, 0.2) is 16.6 Å². The second-order valence-electron chi connectivity index (χ2n) is 4.11. The van der Waals surface area contributed by atoms with Crippen molar-refractivity contribution in [1.82, 2.24) is 14.1 Å². The molecule has 2 aromatic rings. The lowest BCUT2D eigenvalue weighted by atomic mass is 9.94. The SMILES string of the molecule is Nc1nc2sccn2c1S(=O)(=O)NC1CCC1. The van der Waals surface area contributed by atoms with E-state index >= 15 is 0 Å². The van der Waals surface area contributed by atoms with E-state index in [2.05, 4.69) is 9.71 Å². The minimum atomic E-state index is -3.57. The van der Waals surface area contributed by atoms with Gasteiger partial charge in [-0.15, -0.1) is 11.3 Å². The van der Waals surface area contributed by atoms with Crippen LogP contribution in [0.1, 0.15) is 19.3 Å². The first-order valence-corrected chi connectivity index (χ1v) is 7.67. The maximum atomic E-state index is 12.2. The lowest BCUT2D eigenvalue weighted by molar-refractivity contribution is 0.383. The first-order valence-electron chi connectivity index (χ1n) is 5.31. The van der Waals surface area contributed by atoms with E-state index < -0.39 is 10.0 Å². The zero-order valence-electron chi connectivity index (χ0n) is 8.96. The highest BCUT2D eigenvalue weighted by Crippen LogP contribution is 2.26. The molecular formula is C9H12N4O2S2. The summed E-state index contributed by atoms with van der Waals surface area (Å²) in [6.45, 7) is 0. The highest BCUT2D eigenvalue weighted by atomic mass is 32.2. The highest BCUT2D eigenvalue weighted by molar-refractivity contribution is 7.89. The van der Waals surface area contributed by atoms with Gasteiger partial charge in [0.2, 0.25) is 0 Å². The Hall–Kier alpha value is -1.12. The molecule has 1 aliphatic rings. The molecule has 0 saturated heterocycles. The number of anilines is 1. The molecular weight excluding hydrogens is 260 g/mol. The molecule has 8 heteroatoms. The lowest BCUT2D eigenvalue weighted by Gasteiger charge is -2.25. The third-order valence-corrected chi connectivity index (χ3v) is 5.24. The molecule has 0 atom stereocenters.